The van der Waals surface area contributed by atoms with Gasteiger partial charge in [0, 0.05) is 12.4 Å². The van der Waals surface area contributed by atoms with E-state index in [1.165, 1.54) is 7.11 Å². The van der Waals surface area contributed by atoms with Crippen LogP contribution in [-0.2, 0) is 27.5 Å². The van der Waals surface area contributed by atoms with E-state index in [-0.39, 0.29) is 42.6 Å². The second-order valence-corrected chi connectivity index (χ2v) is 10.0. The molecule has 33 heavy (non-hydrogen) atoms. The molecule has 3 rings (SSSR count). The Balaban J connectivity index is 1.91. The monoisotopic (exact) mass is 493 g/mol. The number of ether oxygens (including phenoxy) is 1. The molecule has 10 nitrogen and oxygen atoms in total. The Labute approximate surface area is 194 Å². The van der Waals surface area contributed by atoms with Crippen molar-refractivity contribution in [2.45, 2.75) is 19.3 Å². The molecule has 0 spiro atoms. The Hall–Kier alpha value is -2.80. The molecule has 0 fully saturated rings. The number of sulfonamides is 1. The first-order valence-corrected chi connectivity index (χ1v) is 13.1. The topological polar surface area (TPSA) is 154 Å². The first-order valence-electron chi connectivity index (χ1n) is 10.2. The summed E-state index contributed by atoms with van der Waals surface area (Å²) in [6.07, 6.45) is 0.896. The third kappa shape index (κ3) is 7.09. The molecule has 3 N–H and O–H groups in total. The molecule has 0 bridgehead atoms. The number of anilines is 3. The van der Waals surface area contributed by atoms with Crippen LogP contribution in [0.15, 0.2) is 42.5 Å². The zero-order chi connectivity index (χ0) is 23.8. The number of hydrogen-bond donors (Lipinski definition) is 3. The van der Waals surface area contributed by atoms with Gasteiger partial charge in [-0.25, -0.2) is 18.4 Å². The van der Waals surface area contributed by atoms with E-state index in [1.807, 2.05) is 6.07 Å². The number of aliphatic hydroxyl groups excluding tert-OH is 1. The van der Waals surface area contributed by atoms with E-state index in [0.717, 1.165) is 5.56 Å². The Morgan fingerprint density at radius 3 is 2.42 bits per heavy atom. The van der Waals surface area contributed by atoms with Crippen LogP contribution in [0.2, 0.25) is 0 Å². The van der Waals surface area contributed by atoms with Crippen LogP contribution in [0.4, 0.5) is 17.3 Å². The van der Waals surface area contributed by atoms with Crippen molar-refractivity contribution in [1.29, 1.82) is 0 Å². The van der Waals surface area contributed by atoms with Gasteiger partial charge in [-0.15, -0.1) is 0 Å². The fraction of sp³-hybridized carbons (Fsp3) is 0.333. The molecule has 0 saturated carbocycles. The van der Waals surface area contributed by atoms with E-state index in [2.05, 4.69) is 20.0 Å². The van der Waals surface area contributed by atoms with E-state index >= 15 is 0 Å². The van der Waals surface area contributed by atoms with Gasteiger partial charge < -0.3 is 19.7 Å². The van der Waals surface area contributed by atoms with Crippen molar-refractivity contribution in [1.82, 2.24) is 9.97 Å². The number of methoxy groups -OCH3 is 1. The highest BCUT2D eigenvalue weighted by Crippen LogP contribution is 2.32. The summed E-state index contributed by atoms with van der Waals surface area (Å²) in [7, 11) is -2.29. The van der Waals surface area contributed by atoms with Crippen LogP contribution in [0.25, 0.3) is 11.0 Å². The van der Waals surface area contributed by atoms with Crippen molar-refractivity contribution in [3.63, 3.8) is 0 Å². The summed E-state index contributed by atoms with van der Waals surface area (Å²) < 4.78 is 54.4. The van der Waals surface area contributed by atoms with E-state index in [4.69, 9.17) is 9.84 Å². The van der Waals surface area contributed by atoms with Crippen LogP contribution in [0.5, 0.6) is 5.75 Å². The molecule has 3 aromatic rings. The number of benzene rings is 2. The molecule has 0 aliphatic carbocycles. The van der Waals surface area contributed by atoms with E-state index < -0.39 is 21.1 Å². The van der Waals surface area contributed by atoms with Crippen molar-refractivity contribution < 1.29 is 27.0 Å². The average Bonchev–Trinajstić information content (AvgIpc) is 2.78. The summed E-state index contributed by atoms with van der Waals surface area (Å²) in [6, 6.07) is 12.4. The number of unbranched alkanes of at least 4 members (excludes halogenated alkanes) is 1. The Morgan fingerprint density at radius 1 is 1.09 bits per heavy atom. The van der Waals surface area contributed by atoms with Crippen molar-refractivity contribution in [2.24, 2.45) is 0 Å². The SMILES string of the molecule is COc1cc(CCO)ccc1Nc1nc2ccccc2nc1NS(=O)(=O)CCCCS(=O)[O-]. The van der Waals surface area contributed by atoms with Crippen molar-refractivity contribution >= 4 is 49.5 Å². The van der Waals surface area contributed by atoms with Gasteiger partial charge in [-0.05, 0) is 49.1 Å². The van der Waals surface area contributed by atoms with Crippen molar-refractivity contribution in [3.05, 3.63) is 48.0 Å². The molecule has 2 aromatic carbocycles. The highest BCUT2D eigenvalue weighted by Gasteiger charge is 2.18. The molecule has 1 heterocycles. The van der Waals surface area contributed by atoms with E-state index in [0.29, 0.717) is 28.9 Å². The van der Waals surface area contributed by atoms with Crippen LogP contribution in [0, 0.1) is 0 Å². The van der Waals surface area contributed by atoms with Crippen molar-refractivity contribution in [3.8, 4) is 5.75 Å². The van der Waals surface area contributed by atoms with Gasteiger partial charge in [0.25, 0.3) is 0 Å². The second-order valence-electron chi connectivity index (χ2n) is 7.18. The second kappa shape index (κ2) is 11.4. The summed E-state index contributed by atoms with van der Waals surface area (Å²) in [4.78, 5) is 8.96. The minimum absolute atomic E-state index is 0.00271. The van der Waals surface area contributed by atoms with Crippen LogP contribution >= 0.6 is 0 Å². The summed E-state index contributed by atoms with van der Waals surface area (Å²) in [6.45, 7) is 0.00271. The van der Waals surface area contributed by atoms with Crippen molar-refractivity contribution in [2.75, 3.05) is 35.3 Å². The molecule has 12 heteroatoms. The lowest BCUT2D eigenvalue weighted by Crippen LogP contribution is -2.19. The van der Waals surface area contributed by atoms with Gasteiger partial charge in [-0.2, -0.15) is 0 Å². The van der Waals surface area contributed by atoms with Crippen LogP contribution in [0.3, 0.4) is 0 Å². The smallest absolute Gasteiger partial charge is 0.233 e. The maximum absolute atomic E-state index is 12.6. The minimum atomic E-state index is -3.80. The van der Waals surface area contributed by atoms with Gasteiger partial charge >= 0.3 is 0 Å². The number of hydrogen-bond acceptors (Lipinski definition) is 9. The van der Waals surface area contributed by atoms with Gasteiger partial charge in [0.15, 0.2) is 11.6 Å². The lowest BCUT2D eigenvalue weighted by Gasteiger charge is -2.16. The Kier molecular flexibility index (Phi) is 8.55. The average molecular weight is 494 g/mol. The molecular formula is C21H25N4O6S2-. The largest absolute Gasteiger partial charge is 0.772 e. The first-order chi connectivity index (χ1) is 15.8. The molecule has 0 aliphatic heterocycles. The van der Waals surface area contributed by atoms with E-state index in [9.17, 15) is 17.2 Å². The van der Waals surface area contributed by atoms with Gasteiger partial charge in [0.1, 0.15) is 5.75 Å². The number of rotatable bonds is 12. The van der Waals surface area contributed by atoms with Gasteiger partial charge in [0.2, 0.25) is 10.0 Å². The maximum atomic E-state index is 12.6. The number of aromatic nitrogens is 2. The predicted octanol–water partition coefficient (Wildman–Crippen LogP) is 2.32. The standard InChI is InChI=1S/C21H26N4O6S2/c1-31-19-14-15(10-11-26)8-9-18(19)24-20-21(23-17-7-3-2-6-16(17)22-20)25-33(29,30)13-5-4-12-32(27)28/h2-3,6-9,14,26H,4-5,10-13H2,1H3,(H,22,24)(H,23,25)(H,27,28)/p-1. The lowest BCUT2D eigenvalue weighted by molar-refractivity contribution is 0.299. The summed E-state index contributed by atoms with van der Waals surface area (Å²) in [5.41, 5.74) is 2.50. The molecule has 1 atom stereocenters. The number of para-hydroxylation sites is 2. The third-order valence-corrected chi connectivity index (χ3v) is 6.67. The Bertz CT molecular complexity index is 1240. The van der Waals surface area contributed by atoms with Crippen LogP contribution < -0.4 is 14.8 Å². The minimum Gasteiger partial charge on any atom is -0.772 e. The highest BCUT2D eigenvalue weighted by atomic mass is 32.2. The molecule has 0 radical (unpaired) electrons. The molecule has 0 amide bonds. The first kappa shape index (κ1) is 24.8. The summed E-state index contributed by atoms with van der Waals surface area (Å²) in [5, 5.41) is 12.3. The summed E-state index contributed by atoms with van der Waals surface area (Å²) in [5.74, 6) is 0.352. The third-order valence-electron chi connectivity index (χ3n) is 4.72. The van der Waals surface area contributed by atoms with E-state index in [1.54, 1.807) is 36.4 Å². The zero-order valence-electron chi connectivity index (χ0n) is 18.0. The fourth-order valence-corrected chi connectivity index (χ4v) is 4.68. The zero-order valence-corrected chi connectivity index (χ0v) is 19.6. The highest BCUT2D eigenvalue weighted by molar-refractivity contribution is 7.92. The van der Waals surface area contributed by atoms with Crippen LogP contribution in [0.1, 0.15) is 18.4 Å². The maximum Gasteiger partial charge on any atom is 0.233 e. The quantitative estimate of drug-likeness (QED) is 0.255. The van der Waals surface area contributed by atoms with Crippen LogP contribution in [-0.4, -0.2) is 57.5 Å². The van der Waals surface area contributed by atoms with Gasteiger partial charge in [-0.1, -0.05) is 29.3 Å². The molecule has 1 unspecified atom stereocenters. The van der Waals surface area contributed by atoms with Gasteiger partial charge in [0.05, 0.1) is 29.6 Å². The predicted molar refractivity (Wildman–Crippen MR) is 127 cm³/mol. The fourth-order valence-electron chi connectivity index (χ4n) is 3.12. The Morgan fingerprint density at radius 2 is 1.79 bits per heavy atom. The normalized spacial score (nSPS) is 12.5. The molecule has 1 aromatic heterocycles. The number of nitrogens with zero attached hydrogens (tertiary/aromatic N) is 2. The lowest BCUT2D eigenvalue weighted by atomic mass is 10.1. The molecular weight excluding hydrogens is 468 g/mol. The molecule has 178 valence electrons. The summed E-state index contributed by atoms with van der Waals surface area (Å²) >= 11 is -2.20. The molecule has 0 aliphatic rings. The van der Waals surface area contributed by atoms with Gasteiger partial charge in [-0.3, -0.25) is 8.93 Å². The molecule has 0 saturated heterocycles. The number of nitrogens with one attached hydrogen (secondary N) is 2. The number of aliphatic hydroxyl groups is 1. The number of fused-ring (bicyclic) bond motifs is 1.